The lowest BCUT2D eigenvalue weighted by Crippen LogP contribution is -2.42. The molecule has 1 fully saturated rings. The van der Waals surface area contributed by atoms with Crippen LogP contribution in [0.25, 0.3) is 15.8 Å². The molecule has 2 unspecified atom stereocenters. The summed E-state index contributed by atoms with van der Waals surface area (Å²) in [5.41, 5.74) is 1.72. The van der Waals surface area contributed by atoms with Gasteiger partial charge in [-0.1, -0.05) is 18.2 Å². The number of carbonyl (C=O) groups is 3. The van der Waals surface area contributed by atoms with Gasteiger partial charge in [-0.05, 0) is 50.5 Å². The van der Waals surface area contributed by atoms with Gasteiger partial charge in [-0.15, -0.1) is 11.3 Å². The molecule has 1 saturated carbocycles. The predicted molar refractivity (Wildman–Crippen MR) is 143 cm³/mol. The molecule has 2 heterocycles. The average molecular weight is 557 g/mol. The number of allylic oxidation sites excluding steroid dienone is 5. The highest BCUT2D eigenvalue weighted by atomic mass is 32.2. The Kier molecular flexibility index (Phi) is 6.86. The minimum Gasteiger partial charge on any atom is -0.352 e. The highest BCUT2D eigenvalue weighted by Gasteiger charge is 2.39. The number of hydrogen-bond acceptors (Lipinski definition) is 7. The van der Waals surface area contributed by atoms with Gasteiger partial charge in [0.2, 0.25) is 11.8 Å². The van der Waals surface area contributed by atoms with E-state index in [0.29, 0.717) is 21.5 Å². The average Bonchev–Trinajstić information content (AvgIpc) is 3.58. The SMILES string of the molecule is CC(C)S(=O)(=O)C(C(=O)NCC(=O)NC1CC1)c1nc2cc(C3=CC4C=CC(=O)N=C4C=C3)c(F)cc2s1. The molecular formula is C26H25FN4O5S2. The first-order valence-electron chi connectivity index (χ1n) is 12.1. The topological polar surface area (TPSA) is 135 Å². The van der Waals surface area contributed by atoms with Crippen molar-refractivity contribution in [3.8, 4) is 0 Å². The maximum absolute atomic E-state index is 15.2. The summed E-state index contributed by atoms with van der Waals surface area (Å²) < 4.78 is 42.0. The van der Waals surface area contributed by atoms with Crippen molar-refractivity contribution in [3.63, 3.8) is 0 Å². The maximum Gasteiger partial charge on any atom is 0.269 e. The summed E-state index contributed by atoms with van der Waals surface area (Å²) in [5.74, 6) is -2.40. The lowest BCUT2D eigenvalue weighted by atomic mass is 9.89. The first-order valence-corrected chi connectivity index (χ1v) is 14.6. The Hall–Kier alpha value is -3.51. The molecule has 2 aromatic rings. The van der Waals surface area contributed by atoms with E-state index in [0.717, 1.165) is 24.2 Å². The number of benzene rings is 1. The molecule has 5 rings (SSSR count). The highest BCUT2D eigenvalue weighted by Crippen LogP contribution is 2.36. The monoisotopic (exact) mass is 556 g/mol. The molecule has 9 nitrogen and oxygen atoms in total. The van der Waals surface area contributed by atoms with E-state index in [-0.39, 0.29) is 35.0 Å². The van der Waals surface area contributed by atoms with Gasteiger partial charge < -0.3 is 10.6 Å². The summed E-state index contributed by atoms with van der Waals surface area (Å²) in [5, 5.41) is 2.64. The number of thiazole rings is 1. The first kappa shape index (κ1) is 26.1. The van der Waals surface area contributed by atoms with Crippen LogP contribution in [0.3, 0.4) is 0 Å². The van der Waals surface area contributed by atoms with Gasteiger partial charge in [0.15, 0.2) is 15.1 Å². The van der Waals surface area contributed by atoms with Crippen molar-refractivity contribution in [1.82, 2.24) is 15.6 Å². The molecule has 3 aliphatic rings. The molecule has 0 saturated heterocycles. The number of aliphatic imine (C=N–C) groups is 1. The molecule has 2 aliphatic carbocycles. The van der Waals surface area contributed by atoms with Crippen LogP contribution in [-0.4, -0.2) is 54.7 Å². The van der Waals surface area contributed by atoms with Gasteiger partial charge in [0.25, 0.3) is 5.91 Å². The third-order valence-corrected chi connectivity index (χ3v) is 10.1. The normalized spacial score (nSPS) is 19.7. The third-order valence-electron chi connectivity index (χ3n) is 6.44. The molecule has 38 heavy (non-hydrogen) atoms. The number of nitrogens with zero attached hydrogens (tertiary/aromatic N) is 2. The van der Waals surface area contributed by atoms with E-state index < -0.39 is 38.0 Å². The van der Waals surface area contributed by atoms with E-state index in [1.807, 2.05) is 0 Å². The molecule has 198 valence electrons. The van der Waals surface area contributed by atoms with Gasteiger partial charge in [-0.2, -0.15) is 0 Å². The standard InChI is InChI=1S/C26H25FN4O5S2/c1-13(2)38(35,36)24(25(34)28-12-23(33)29-16-5-6-16)26-31-20-10-17(18(27)11-21(20)37-26)14-3-7-19-15(9-14)4-8-22(32)30-19/h3-4,7-11,13,15-16,24H,5-6,12H2,1-2H3,(H,28,34)(H,29,33). The number of halogens is 1. The summed E-state index contributed by atoms with van der Waals surface area (Å²) in [7, 11) is -4.02. The molecule has 0 bridgehead atoms. The fraction of sp³-hybridized carbons (Fsp3) is 0.346. The van der Waals surface area contributed by atoms with E-state index in [9.17, 15) is 22.8 Å². The Labute approximate surface area is 222 Å². The Bertz CT molecular complexity index is 1580. The summed E-state index contributed by atoms with van der Waals surface area (Å²) >= 11 is 0.924. The summed E-state index contributed by atoms with van der Waals surface area (Å²) in [4.78, 5) is 45.0. The molecular weight excluding hydrogens is 531 g/mol. The van der Waals surface area contributed by atoms with Gasteiger partial charge in [0.1, 0.15) is 10.8 Å². The fourth-order valence-corrected chi connectivity index (χ4v) is 6.92. The Morgan fingerprint density at radius 1 is 1.18 bits per heavy atom. The van der Waals surface area contributed by atoms with Crippen LogP contribution in [0.15, 0.2) is 47.5 Å². The summed E-state index contributed by atoms with van der Waals surface area (Å²) in [6.07, 6.45) is 9.92. The van der Waals surface area contributed by atoms with Gasteiger partial charge in [0, 0.05) is 23.6 Å². The van der Waals surface area contributed by atoms with E-state index in [4.69, 9.17) is 0 Å². The lowest BCUT2D eigenvalue weighted by molar-refractivity contribution is -0.126. The molecule has 2 N–H and O–H groups in total. The summed E-state index contributed by atoms with van der Waals surface area (Å²) in [6, 6.07) is 2.89. The second-order valence-electron chi connectivity index (χ2n) is 9.64. The molecule has 0 radical (unpaired) electrons. The zero-order valence-electron chi connectivity index (χ0n) is 20.6. The van der Waals surface area contributed by atoms with Crippen LogP contribution >= 0.6 is 11.3 Å². The van der Waals surface area contributed by atoms with Crippen LogP contribution in [-0.2, 0) is 24.2 Å². The largest absolute Gasteiger partial charge is 0.352 e. The number of sulfone groups is 1. The number of amides is 3. The Balaban J connectivity index is 1.46. The van der Waals surface area contributed by atoms with Crippen LogP contribution in [0.2, 0.25) is 0 Å². The van der Waals surface area contributed by atoms with Crippen molar-refractivity contribution in [2.24, 2.45) is 10.9 Å². The van der Waals surface area contributed by atoms with E-state index in [2.05, 4.69) is 20.6 Å². The van der Waals surface area contributed by atoms with Crippen LogP contribution in [0.4, 0.5) is 4.39 Å². The number of hydrogen-bond donors (Lipinski definition) is 2. The Morgan fingerprint density at radius 3 is 2.66 bits per heavy atom. The van der Waals surface area contributed by atoms with Gasteiger partial charge in [-0.25, -0.2) is 22.8 Å². The van der Waals surface area contributed by atoms with Gasteiger partial charge in [0.05, 0.1) is 27.7 Å². The fourth-order valence-electron chi connectivity index (χ4n) is 4.16. The number of aromatic nitrogens is 1. The van der Waals surface area contributed by atoms with Crippen molar-refractivity contribution in [2.75, 3.05) is 6.54 Å². The summed E-state index contributed by atoms with van der Waals surface area (Å²) in [6.45, 7) is 2.58. The maximum atomic E-state index is 15.2. The number of nitrogens with one attached hydrogen (secondary N) is 2. The van der Waals surface area contributed by atoms with Crippen molar-refractivity contribution in [3.05, 3.63) is 58.9 Å². The van der Waals surface area contributed by atoms with Crippen LogP contribution in [0.5, 0.6) is 0 Å². The van der Waals surface area contributed by atoms with Crippen LogP contribution in [0.1, 0.15) is 42.5 Å². The van der Waals surface area contributed by atoms with Crippen molar-refractivity contribution < 1.29 is 27.2 Å². The zero-order valence-corrected chi connectivity index (χ0v) is 22.2. The van der Waals surface area contributed by atoms with Crippen LogP contribution in [0, 0.1) is 11.7 Å². The molecule has 3 amide bonds. The molecule has 1 aliphatic heterocycles. The Morgan fingerprint density at radius 2 is 1.95 bits per heavy atom. The highest BCUT2D eigenvalue weighted by molar-refractivity contribution is 7.93. The quantitative estimate of drug-likeness (QED) is 0.514. The minimum absolute atomic E-state index is 0.00154. The van der Waals surface area contributed by atoms with E-state index in [1.54, 1.807) is 24.3 Å². The van der Waals surface area contributed by atoms with E-state index >= 15 is 4.39 Å². The molecule has 2 atom stereocenters. The number of carbonyl (C=O) groups excluding carboxylic acids is 3. The smallest absolute Gasteiger partial charge is 0.269 e. The lowest BCUT2D eigenvalue weighted by Gasteiger charge is -2.18. The minimum atomic E-state index is -4.02. The number of fused-ring (bicyclic) bond motifs is 2. The number of dihydropyridines is 1. The predicted octanol–water partition coefficient (Wildman–Crippen LogP) is 2.80. The van der Waals surface area contributed by atoms with Crippen LogP contribution < -0.4 is 10.6 Å². The first-order chi connectivity index (χ1) is 18.0. The van der Waals surface area contributed by atoms with Crippen molar-refractivity contribution >= 4 is 60.4 Å². The molecule has 1 aromatic heterocycles. The second-order valence-corrected chi connectivity index (χ2v) is 13.3. The molecule has 1 aromatic carbocycles. The zero-order chi connectivity index (χ0) is 27.2. The van der Waals surface area contributed by atoms with E-state index in [1.165, 1.54) is 32.1 Å². The molecule has 0 spiro atoms. The molecule has 12 heteroatoms. The van der Waals surface area contributed by atoms with Crippen molar-refractivity contribution in [2.45, 2.75) is 43.2 Å². The van der Waals surface area contributed by atoms with Crippen molar-refractivity contribution in [1.29, 1.82) is 0 Å². The number of rotatable bonds is 8. The second kappa shape index (κ2) is 9.99. The van der Waals surface area contributed by atoms with Gasteiger partial charge in [-0.3, -0.25) is 14.4 Å². The van der Waals surface area contributed by atoms with Gasteiger partial charge >= 0.3 is 0 Å². The third kappa shape index (κ3) is 5.23.